The van der Waals surface area contributed by atoms with Gasteiger partial charge in [0.15, 0.2) is 0 Å². The summed E-state index contributed by atoms with van der Waals surface area (Å²) in [6.07, 6.45) is 11.7. The number of esters is 1. The molecule has 19 heteroatoms. The predicted octanol–water partition coefficient (Wildman–Crippen LogP) is 15.8. The van der Waals surface area contributed by atoms with Crippen molar-refractivity contribution in [3.8, 4) is 34.3 Å². The molecule has 0 bridgehead atoms. The SMILES string of the molecule is CCOC(=O)CCc1ccc(OCc2cc(C)nn2-c2ccc(Cl)cc2)c2c1CCC2.Cc1cc(CCl)n(-c2ccc(Cl)cc2)n1.Cc1cc(COc2ccc(CCC(=O)O)c3c2CCC3)n(-c2ccc(Cl)cc2)n1.O=C(O)CCc1ccc(O)c2c1CCC2. The van der Waals surface area contributed by atoms with Crippen molar-refractivity contribution < 1.29 is 43.9 Å². The Morgan fingerprint density at radius 1 is 0.467 bits per heavy atom. The average molecular weight is 1300 g/mol. The van der Waals surface area contributed by atoms with Gasteiger partial charge in [-0.3, -0.25) is 14.4 Å². The number of benzene rings is 6. The molecule has 0 aliphatic heterocycles. The smallest absolute Gasteiger partial charge is 0.306 e. The molecule has 3 N–H and O–H groups in total. The number of hydrogen-bond acceptors (Lipinski definition) is 10. The van der Waals surface area contributed by atoms with Gasteiger partial charge >= 0.3 is 17.9 Å². The number of aromatic nitrogens is 6. The molecule has 3 aromatic heterocycles. The molecule has 470 valence electrons. The lowest BCUT2D eigenvalue weighted by molar-refractivity contribution is -0.143. The highest BCUT2D eigenvalue weighted by Gasteiger charge is 2.24. The summed E-state index contributed by atoms with van der Waals surface area (Å²) in [6, 6.07) is 40.4. The van der Waals surface area contributed by atoms with E-state index in [0.29, 0.717) is 67.2 Å². The first-order chi connectivity index (χ1) is 43.4. The number of carbonyl (C=O) groups is 3. The van der Waals surface area contributed by atoms with E-state index in [-0.39, 0.29) is 18.8 Å². The fraction of sp³-hybridized carbons (Fsp3) is 0.324. The molecule has 0 unspecified atom stereocenters. The number of carboxylic acid groups (broad SMARTS) is 2. The molecule has 0 atom stereocenters. The molecule has 15 nitrogen and oxygen atoms in total. The molecule has 0 saturated heterocycles. The van der Waals surface area contributed by atoms with E-state index in [9.17, 15) is 19.5 Å². The van der Waals surface area contributed by atoms with Crippen molar-refractivity contribution in [2.45, 2.75) is 143 Å². The number of aromatic hydroxyl groups is 1. The number of carboxylic acids is 2. The molecule has 0 saturated carbocycles. The maximum atomic E-state index is 11.7. The maximum absolute atomic E-state index is 11.7. The van der Waals surface area contributed by atoms with E-state index in [2.05, 4.69) is 21.4 Å². The van der Waals surface area contributed by atoms with Gasteiger partial charge in [-0.25, -0.2) is 14.0 Å². The fourth-order valence-corrected chi connectivity index (χ4v) is 12.4. The van der Waals surface area contributed by atoms with Crippen molar-refractivity contribution in [1.29, 1.82) is 0 Å². The largest absolute Gasteiger partial charge is 0.508 e. The van der Waals surface area contributed by atoms with Gasteiger partial charge < -0.3 is 29.5 Å². The zero-order chi connectivity index (χ0) is 63.8. The normalized spacial score (nSPS) is 12.5. The third-order valence-corrected chi connectivity index (χ3v) is 17.0. The molecule has 9 aromatic rings. The lowest BCUT2D eigenvalue weighted by Gasteiger charge is -2.15. The molecule has 3 aliphatic carbocycles. The summed E-state index contributed by atoms with van der Waals surface area (Å²) in [7, 11) is 0. The first-order valence-corrected chi connectivity index (χ1v) is 32.1. The molecular weight excluding hydrogens is 1220 g/mol. The second-order valence-electron chi connectivity index (χ2n) is 22.4. The van der Waals surface area contributed by atoms with E-state index in [0.717, 1.165) is 142 Å². The molecule has 6 aromatic carbocycles. The van der Waals surface area contributed by atoms with Crippen LogP contribution in [0.1, 0.15) is 130 Å². The summed E-state index contributed by atoms with van der Waals surface area (Å²) in [5, 5.41) is 42.9. The Labute approximate surface area is 545 Å². The van der Waals surface area contributed by atoms with E-state index >= 15 is 0 Å². The molecule has 0 amide bonds. The Balaban J connectivity index is 0.000000150. The fourth-order valence-electron chi connectivity index (χ4n) is 11.9. The highest BCUT2D eigenvalue weighted by Crippen LogP contribution is 2.37. The van der Waals surface area contributed by atoms with Crippen LogP contribution in [0, 0.1) is 20.8 Å². The minimum Gasteiger partial charge on any atom is -0.508 e. The summed E-state index contributed by atoms with van der Waals surface area (Å²) < 4.78 is 23.2. The van der Waals surface area contributed by atoms with Gasteiger partial charge in [-0.1, -0.05) is 53.0 Å². The van der Waals surface area contributed by atoms with Crippen LogP contribution >= 0.6 is 46.4 Å². The van der Waals surface area contributed by atoms with Crippen LogP contribution in [-0.4, -0.2) is 69.2 Å². The third-order valence-electron chi connectivity index (χ3n) is 16.0. The van der Waals surface area contributed by atoms with Crippen LogP contribution in [0.3, 0.4) is 0 Å². The highest BCUT2D eigenvalue weighted by atomic mass is 35.5. The minimum atomic E-state index is -0.769. The van der Waals surface area contributed by atoms with E-state index < -0.39 is 11.9 Å². The van der Waals surface area contributed by atoms with Crippen molar-refractivity contribution in [1.82, 2.24) is 29.3 Å². The number of carbonyl (C=O) groups excluding carboxylic acids is 1. The summed E-state index contributed by atoms with van der Waals surface area (Å²) in [5.41, 5.74) is 19.4. The number of ether oxygens (including phenoxy) is 3. The zero-order valence-electron chi connectivity index (χ0n) is 51.0. The van der Waals surface area contributed by atoms with Crippen molar-refractivity contribution in [2.24, 2.45) is 0 Å². The topological polar surface area (TPSA) is 193 Å². The number of aryl methyl sites for hydroxylation is 6. The van der Waals surface area contributed by atoms with E-state index in [4.69, 9.17) is 70.8 Å². The molecule has 0 fully saturated rings. The number of halogens is 4. The second-order valence-corrected chi connectivity index (χ2v) is 24.0. The molecule has 3 heterocycles. The van der Waals surface area contributed by atoms with Crippen molar-refractivity contribution in [2.75, 3.05) is 6.61 Å². The first kappa shape index (κ1) is 66.3. The summed E-state index contributed by atoms with van der Waals surface area (Å²) in [4.78, 5) is 33.2. The van der Waals surface area contributed by atoms with E-state index in [1.54, 1.807) is 6.07 Å². The number of aliphatic carboxylic acids is 2. The Kier molecular flexibility index (Phi) is 23.3. The van der Waals surface area contributed by atoms with Crippen LogP contribution in [0.2, 0.25) is 15.1 Å². The first-order valence-electron chi connectivity index (χ1n) is 30.4. The van der Waals surface area contributed by atoms with E-state index in [1.165, 1.54) is 33.4 Å². The van der Waals surface area contributed by atoms with Gasteiger partial charge in [0.2, 0.25) is 0 Å². The highest BCUT2D eigenvalue weighted by molar-refractivity contribution is 6.31. The molecule has 12 rings (SSSR count). The lowest BCUT2D eigenvalue weighted by Crippen LogP contribution is -2.08. The van der Waals surface area contributed by atoms with Crippen LogP contribution in [0.4, 0.5) is 0 Å². The quantitative estimate of drug-likeness (QED) is 0.0484. The molecule has 0 radical (unpaired) electrons. The third kappa shape index (κ3) is 17.4. The van der Waals surface area contributed by atoms with Crippen molar-refractivity contribution >= 4 is 64.3 Å². The number of fused-ring (bicyclic) bond motifs is 3. The second kappa shape index (κ2) is 31.6. The van der Waals surface area contributed by atoms with Crippen LogP contribution in [0.25, 0.3) is 17.1 Å². The lowest BCUT2D eigenvalue weighted by atomic mass is 9.99. The summed E-state index contributed by atoms with van der Waals surface area (Å²) >= 11 is 23.7. The zero-order valence-corrected chi connectivity index (χ0v) is 54.1. The van der Waals surface area contributed by atoms with Crippen molar-refractivity contribution in [3.63, 3.8) is 0 Å². The van der Waals surface area contributed by atoms with Gasteiger partial charge in [-0.05, 0) is 264 Å². The van der Waals surface area contributed by atoms with Gasteiger partial charge in [0.25, 0.3) is 0 Å². The van der Waals surface area contributed by atoms with Crippen LogP contribution in [0.5, 0.6) is 17.2 Å². The Morgan fingerprint density at radius 3 is 1.20 bits per heavy atom. The van der Waals surface area contributed by atoms with Gasteiger partial charge in [0.05, 0.1) is 63.7 Å². The van der Waals surface area contributed by atoms with Gasteiger partial charge in [0.1, 0.15) is 30.5 Å². The molecule has 0 spiro atoms. The van der Waals surface area contributed by atoms with Crippen LogP contribution in [0.15, 0.2) is 127 Å². The Bertz CT molecular complexity index is 3950. The number of phenolic OH excluding ortho intramolecular Hbond substituents is 1. The monoisotopic (exact) mass is 1290 g/mol. The van der Waals surface area contributed by atoms with E-state index in [1.807, 2.05) is 157 Å². The van der Waals surface area contributed by atoms with Crippen molar-refractivity contribution in [3.05, 3.63) is 227 Å². The number of hydrogen-bond donors (Lipinski definition) is 3. The van der Waals surface area contributed by atoms with Gasteiger partial charge in [-0.15, -0.1) is 11.6 Å². The maximum Gasteiger partial charge on any atom is 0.306 e. The number of rotatable bonds is 20. The van der Waals surface area contributed by atoms with Crippen LogP contribution < -0.4 is 9.47 Å². The van der Waals surface area contributed by atoms with Crippen LogP contribution in [-0.2, 0) is 96.0 Å². The Hall–Kier alpha value is -8.08. The number of alkyl halides is 1. The standard InChI is InChI=1S/C25H27ClN2O3.C23H23ClN2O3.C12H14O3.C11H10Cl2N2/c1-3-30-25(29)14-8-18-7-13-24(23-6-4-5-22(18)23)31-16-21-15-17(2)27-28(21)20-11-9-19(26)10-12-20;1-15-13-19(26(25-15)18-9-7-17(24)8-10-18)14-29-22-11-5-16(6-12-23(27)28)20-3-2-4-21(20)22;13-11-6-4-8(5-7-12(14)15)9-2-1-3-10(9)11;1-8-6-11(7-12)15(14-8)10-4-2-9(13)3-5-10/h7,9-13,15H,3-6,8,14,16H2,1-2H3;5,7-11,13H,2-4,6,12,14H2,1H3,(H,27,28);4,6,13H,1-3,5,7H2,(H,14,15);2-6H,7H2,1H3. The van der Waals surface area contributed by atoms with Gasteiger partial charge in [-0.2, -0.15) is 15.3 Å². The Morgan fingerprint density at radius 2 is 0.811 bits per heavy atom. The predicted molar refractivity (Wildman–Crippen MR) is 352 cm³/mol. The summed E-state index contributed by atoms with van der Waals surface area (Å²) in [5.74, 6) is 0.954. The summed E-state index contributed by atoms with van der Waals surface area (Å²) in [6.45, 7) is 8.99. The molecule has 3 aliphatic rings. The molecular formula is C71H74Cl4N6O9. The average Bonchev–Trinajstić information content (AvgIpc) is 2.08. The number of phenols is 1. The molecule has 90 heavy (non-hydrogen) atoms. The minimum absolute atomic E-state index is 0.139. The number of nitrogens with zero attached hydrogens (tertiary/aromatic N) is 6. The van der Waals surface area contributed by atoms with Gasteiger partial charge in [0, 0.05) is 34.3 Å².